The standard InChI is InChI=1S/C8H9ClN2O2S/c1-3-13-7(12)5-4-10-8(14-2)11-6(5)9/h4H,3H2,1-2H3/p+1. The minimum atomic E-state index is -0.464. The maximum absolute atomic E-state index is 11.3. The minimum absolute atomic E-state index is 0.159. The number of hydrogen-bond donors (Lipinski definition) is 0. The summed E-state index contributed by atoms with van der Waals surface area (Å²) in [5.41, 5.74) is 0.256. The average Bonchev–Trinajstić information content (AvgIpc) is 2.17. The molecule has 0 aliphatic heterocycles. The summed E-state index contributed by atoms with van der Waals surface area (Å²) in [6.07, 6.45) is 3.36. The maximum atomic E-state index is 11.3. The average molecular weight is 234 g/mol. The number of halogens is 1. The van der Waals surface area contributed by atoms with Gasteiger partial charge in [0.15, 0.2) is 5.56 Å². The molecule has 0 aliphatic carbocycles. The molecule has 0 fully saturated rings. The molecule has 0 saturated carbocycles. The third-order valence-electron chi connectivity index (χ3n) is 1.45. The Morgan fingerprint density at radius 2 is 2.50 bits per heavy atom. The van der Waals surface area contributed by atoms with Crippen molar-refractivity contribution in [3.8, 4) is 0 Å². The van der Waals surface area contributed by atoms with Gasteiger partial charge in [0.25, 0.3) is 5.15 Å². The van der Waals surface area contributed by atoms with Crippen LogP contribution in [0.5, 0.6) is 0 Å². The highest BCUT2D eigenvalue weighted by Crippen LogP contribution is 2.14. The quantitative estimate of drug-likeness (QED) is 0.343. The molecule has 1 N–H and O–H groups in total. The number of H-pyrrole nitrogens is 1. The van der Waals surface area contributed by atoms with Gasteiger partial charge in [-0.1, -0.05) is 0 Å². The molecule has 0 aromatic carbocycles. The summed E-state index contributed by atoms with van der Waals surface area (Å²) in [4.78, 5) is 18.1. The Labute approximate surface area is 91.0 Å². The summed E-state index contributed by atoms with van der Waals surface area (Å²) >= 11 is 7.21. The van der Waals surface area contributed by atoms with Crippen molar-refractivity contribution in [3.63, 3.8) is 0 Å². The number of carbonyl (C=O) groups is 1. The third kappa shape index (κ3) is 2.59. The van der Waals surface area contributed by atoms with Crippen LogP contribution in [-0.2, 0) is 4.74 Å². The maximum Gasteiger partial charge on any atom is 0.358 e. The van der Waals surface area contributed by atoms with Crippen molar-refractivity contribution >= 4 is 29.3 Å². The van der Waals surface area contributed by atoms with Crippen LogP contribution in [0, 0.1) is 0 Å². The molecule has 0 atom stereocenters. The number of rotatable bonds is 3. The first-order valence-corrected chi connectivity index (χ1v) is 5.58. The second kappa shape index (κ2) is 5.17. The molecular formula is C8H10ClN2O2S+. The zero-order chi connectivity index (χ0) is 10.6. The monoisotopic (exact) mass is 233 g/mol. The topological polar surface area (TPSA) is 53.3 Å². The van der Waals surface area contributed by atoms with E-state index >= 15 is 0 Å². The largest absolute Gasteiger partial charge is 0.462 e. The molecule has 1 heterocycles. The van der Waals surface area contributed by atoms with Gasteiger partial charge in [-0.25, -0.2) is 9.78 Å². The van der Waals surface area contributed by atoms with Crippen LogP contribution in [0.25, 0.3) is 0 Å². The van der Waals surface area contributed by atoms with Gasteiger partial charge in [-0.05, 0) is 41.5 Å². The Morgan fingerprint density at radius 1 is 1.79 bits per heavy atom. The smallest absolute Gasteiger partial charge is 0.358 e. The molecule has 0 aliphatic rings. The van der Waals surface area contributed by atoms with E-state index in [0.29, 0.717) is 11.8 Å². The van der Waals surface area contributed by atoms with Crippen LogP contribution in [0.15, 0.2) is 11.4 Å². The van der Waals surface area contributed by atoms with E-state index in [1.807, 2.05) is 6.26 Å². The Morgan fingerprint density at radius 3 is 3.00 bits per heavy atom. The molecule has 1 aromatic rings. The highest BCUT2D eigenvalue weighted by Gasteiger charge is 2.19. The van der Waals surface area contributed by atoms with Gasteiger partial charge >= 0.3 is 11.1 Å². The molecule has 14 heavy (non-hydrogen) atoms. The van der Waals surface area contributed by atoms with E-state index in [1.54, 1.807) is 6.92 Å². The van der Waals surface area contributed by atoms with Gasteiger partial charge in [-0.3, -0.25) is 0 Å². The zero-order valence-corrected chi connectivity index (χ0v) is 9.41. The molecular weight excluding hydrogens is 224 g/mol. The molecule has 1 aromatic heterocycles. The van der Waals surface area contributed by atoms with Crippen molar-refractivity contribution in [3.05, 3.63) is 16.9 Å². The number of aromatic amines is 1. The van der Waals surface area contributed by atoms with Crippen LogP contribution in [-0.4, -0.2) is 23.8 Å². The molecule has 0 unspecified atom stereocenters. The lowest BCUT2D eigenvalue weighted by molar-refractivity contribution is -0.433. The summed E-state index contributed by atoms with van der Waals surface area (Å²) in [6, 6.07) is 0. The highest BCUT2D eigenvalue weighted by molar-refractivity contribution is 7.98. The fourth-order valence-corrected chi connectivity index (χ4v) is 1.46. The Hall–Kier alpha value is -0.810. The second-order valence-electron chi connectivity index (χ2n) is 2.33. The highest BCUT2D eigenvalue weighted by atomic mass is 35.5. The van der Waals surface area contributed by atoms with Crippen LogP contribution in [0.3, 0.4) is 0 Å². The molecule has 0 radical (unpaired) electrons. The Balaban J connectivity index is 2.94. The van der Waals surface area contributed by atoms with E-state index in [-0.39, 0.29) is 10.7 Å². The van der Waals surface area contributed by atoms with Gasteiger partial charge in [0.05, 0.1) is 6.61 Å². The summed E-state index contributed by atoms with van der Waals surface area (Å²) in [5.74, 6) is -0.464. The van der Waals surface area contributed by atoms with Gasteiger partial charge in [0.2, 0.25) is 0 Å². The molecule has 1 rings (SSSR count). The molecule has 0 spiro atoms. The molecule has 4 nitrogen and oxygen atoms in total. The lowest BCUT2D eigenvalue weighted by atomic mass is 10.3. The first kappa shape index (κ1) is 11.3. The second-order valence-corrected chi connectivity index (χ2v) is 3.49. The van der Waals surface area contributed by atoms with Crippen LogP contribution in [0.4, 0.5) is 0 Å². The van der Waals surface area contributed by atoms with Crippen molar-refractivity contribution in [1.82, 2.24) is 4.98 Å². The fraction of sp³-hybridized carbons (Fsp3) is 0.375. The molecule has 0 amide bonds. The van der Waals surface area contributed by atoms with Crippen molar-refractivity contribution in [2.45, 2.75) is 12.1 Å². The Kier molecular flexibility index (Phi) is 4.16. The summed E-state index contributed by atoms with van der Waals surface area (Å²) in [7, 11) is 0. The number of thioether (sulfide) groups is 1. The predicted molar refractivity (Wildman–Crippen MR) is 53.5 cm³/mol. The lowest BCUT2D eigenvalue weighted by Gasteiger charge is -1.98. The zero-order valence-electron chi connectivity index (χ0n) is 7.83. The SMILES string of the molecule is CCOC(=O)c1c[nH+]c(SC)nc1Cl. The van der Waals surface area contributed by atoms with Crippen molar-refractivity contribution in [1.29, 1.82) is 0 Å². The van der Waals surface area contributed by atoms with E-state index in [2.05, 4.69) is 9.97 Å². The van der Waals surface area contributed by atoms with Crippen LogP contribution >= 0.6 is 23.4 Å². The van der Waals surface area contributed by atoms with Crippen molar-refractivity contribution in [2.75, 3.05) is 12.9 Å². The normalized spacial score (nSPS) is 9.93. The summed E-state index contributed by atoms with van der Waals surface area (Å²) < 4.78 is 4.79. The molecule has 76 valence electrons. The number of nitrogens with zero attached hydrogens (tertiary/aromatic N) is 1. The number of carbonyl (C=O) groups excluding carboxylic acids is 1. The van der Waals surface area contributed by atoms with Crippen molar-refractivity contribution in [2.24, 2.45) is 0 Å². The van der Waals surface area contributed by atoms with E-state index < -0.39 is 5.97 Å². The van der Waals surface area contributed by atoms with E-state index in [4.69, 9.17) is 16.3 Å². The van der Waals surface area contributed by atoms with Crippen LogP contribution in [0.1, 0.15) is 17.3 Å². The van der Waals surface area contributed by atoms with Gasteiger partial charge in [0.1, 0.15) is 6.20 Å². The fourth-order valence-electron chi connectivity index (χ4n) is 0.832. The summed E-state index contributed by atoms with van der Waals surface area (Å²) in [6.45, 7) is 2.05. The number of aromatic nitrogens is 2. The number of esters is 1. The van der Waals surface area contributed by atoms with Gasteiger partial charge < -0.3 is 4.74 Å². The molecule has 0 bridgehead atoms. The Bertz CT molecular complexity index is 346. The first-order valence-electron chi connectivity index (χ1n) is 3.98. The van der Waals surface area contributed by atoms with E-state index in [9.17, 15) is 4.79 Å². The number of ether oxygens (including phenoxy) is 1. The number of nitrogens with one attached hydrogen (secondary N) is 1. The van der Waals surface area contributed by atoms with Gasteiger partial charge in [0, 0.05) is 0 Å². The van der Waals surface area contributed by atoms with Crippen LogP contribution < -0.4 is 4.98 Å². The van der Waals surface area contributed by atoms with Gasteiger partial charge in [-0.2, -0.15) is 0 Å². The predicted octanol–water partition coefficient (Wildman–Crippen LogP) is 1.45. The minimum Gasteiger partial charge on any atom is -0.462 e. The lowest BCUT2D eigenvalue weighted by Crippen LogP contribution is -2.15. The molecule has 6 heteroatoms. The van der Waals surface area contributed by atoms with E-state index in [1.165, 1.54) is 18.0 Å². The van der Waals surface area contributed by atoms with Crippen LogP contribution in [0.2, 0.25) is 5.15 Å². The summed E-state index contributed by atoms with van der Waals surface area (Å²) in [5, 5.41) is 0.814. The van der Waals surface area contributed by atoms with Gasteiger partial charge in [-0.15, -0.1) is 0 Å². The number of hydrogen-bond acceptors (Lipinski definition) is 4. The first-order chi connectivity index (χ1) is 6.69. The molecule has 0 saturated heterocycles. The van der Waals surface area contributed by atoms with Crippen molar-refractivity contribution < 1.29 is 14.5 Å². The third-order valence-corrected chi connectivity index (χ3v) is 2.33. The van der Waals surface area contributed by atoms with E-state index in [0.717, 1.165) is 0 Å².